The maximum atomic E-state index is 15.1. The number of hydrogen-bond acceptors (Lipinski definition) is 15. The molecule has 2 amide bonds. The van der Waals surface area contributed by atoms with Crippen molar-refractivity contribution < 1.29 is 36.6 Å². The first-order valence-electron chi connectivity index (χ1n) is 30.2. The summed E-state index contributed by atoms with van der Waals surface area (Å²) in [6.07, 6.45) is 11.2. The van der Waals surface area contributed by atoms with Crippen LogP contribution in [0.3, 0.4) is 0 Å². The van der Waals surface area contributed by atoms with Gasteiger partial charge in [-0.15, -0.1) is 0 Å². The van der Waals surface area contributed by atoms with Gasteiger partial charge in [-0.1, -0.05) is 0 Å². The van der Waals surface area contributed by atoms with Gasteiger partial charge in [0.05, 0.1) is 29.8 Å². The highest BCUT2D eigenvalue weighted by Crippen LogP contribution is 2.37. The number of nitrogens with zero attached hydrogens (tertiary/aromatic N) is 14. The van der Waals surface area contributed by atoms with Crippen LogP contribution < -0.4 is 5.73 Å². The van der Waals surface area contributed by atoms with E-state index in [0.29, 0.717) is 82.9 Å². The van der Waals surface area contributed by atoms with Gasteiger partial charge in [0.2, 0.25) is 5.28 Å². The second-order valence-electron chi connectivity index (χ2n) is 26.1. The van der Waals surface area contributed by atoms with Gasteiger partial charge in [-0.2, -0.15) is 0 Å². The Balaban J connectivity index is 0.000000163. The fourth-order valence-electron chi connectivity index (χ4n) is 12.4. The van der Waals surface area contributed by atoms with E-state index in [1.54, 1.807) is 30.6 Å². The van der Waals surface area contributed by atoms with Crippen molar-refractivity contribution >= 4 is 51.7 Å². The number of rotatable bonds is 10. The number of nitrogen functional groups attached to an aromatic ring is 1. The third kappa shape index (κ3) is 14.7. The van der Waals surface area contributed by atoms with Crippen molar-refractivity contribution in [2.24, 2.45) is 11.8 Å². The molecule has 0 saturated carbocycles. The number of piperidine rings is 2. The molecule has 19 nitrogen and oxygen atoms in total. The highest BCUT2D eigenvalue weighted by atomic mass is 35.5. The molecule has 8 aromatic rings. The van der Waals surface area contributed by atoms with Gasteiger partial charge in [0.15, 0.2) is 11.6 Å². The molecule has 89 heavy (non-hydrogen) atoms. The molecule has 12 rings (SSSR count). The Morgan fingerprint density at radius 1 is 0.584 bits per heavy atom. The van der Waals surface area contributed by atoms with Gasteiger partial charge in [0, 0.05) is 129 Å². The minimum absolute atomic E-state index is 0.0738. The molecule has 2 aromatic carbocycles. The molecule has 0 bridgehead atoms. The van der Waals surface area contributed by atoms with Gasteiger partial charge in [-0.3, -0.25) is 14.8 Å². The highest BCUT2D eigenvalue weighted by molar-refractivity contribution is 6.28. The average Bonchev–Trinajstić information content (AvgIpc) is 1.84. The van der Waals surface area contributed by atoms with E-state index in [1.165, 1.54) is 18.2 Å². The first-order chi connectivity index (χ1) is 42.1. The Morgan fingerprint density at radius 2 is 1.01 bits per heavy atom. The molecule has 10 heterocycles. The van der Waals surface area contributed by atoms with E-state index < -0.39 is 34.5 Å². The SMILES string of the molecule is CC(C)(C)OC(=O)N1CC[C@@H]2CN(Cc3cnc(Cl)nc3)[C@@H]2C1.Cc1nc2c(F)cc(-c3cc(Cc4ncc(CN5C[C@H]6CCN(C(=O)OC(C)(C)C)C[C@H]65)cn4)ncc3F)cc2n1C(C)C.Cc1nc2c(F)cc(-c3cc(N)ncc3F)cc2n1C(C)C. The standard InChI is InChI=1S/C33H39F2N7O2.C16H23ClN4O2.C16H16F2N4/c1-19(2)42-20(3)39-31-26(34)9-23(10-28(31)42)25-11-24(36-15-27(25)35)12-30-37-13-21(14-38-30)16-41-17-22-7-8-40(18-29(22)41)32(43)44-33(4,5)6;1-16(2,3)23-15(22)20-5-4-12-9-21(13(12)10-20)8-11-6-18-14(17)19-7-11;1-8(2)22-9(3)21-16-12(17)4-10(5-14(16)22)11-6-15(19)20-7-13(11)18/h9-11,13-15,19,22,29H,7-8,12,16-18H2,1-6H3;6-7,12-13H,4-5,8-10H2,1-3H3;4-8H,1-3H3,(H2,19,20)/t22-,29-;12-,13-;/m11./s1. The average molecular weight is 1240 g/mol. The maximum Gasteiger partial charge on any atom is 0.410 e. The summed E-state index contributed by atoms with van der Waals surface area (Å²) in [6, 6.07) is 10.0. The fourth-order valence-corrected chi connectivity index (χ4v) is 12.5. The number of carbonyl (C=O) groups excluding carboxylic acids is 2. The van der Waals surface area contributed by atoms with Crippen molar-refractivity contribution in [3.05, 3.63) is 136 Å². The zero-order valence-electron chi connectivity index (χ0n) is 52.5. The molecule has 0 radical (unpaired) electrons. The van der Waals surface area contributed by atoms with Crippen LogP contribution in [-0.4, -0.2) is 143 Å². The molecule has 4 saturated heterocycles. The zero-order chi connectivity index (χ0) is 64.0. The number of likely N-dealkylation sites (tertiary alicyclic amines) is 4. The first kappa shape index (κ1) is 64.1. The topological polar surface area (TPSA) is 205 Å². The van der Waals surface area contributed by atoms with Crippen LogP contribution >= 0.6 is 11.6 Å². The van der Waals surface area contributed by atoms with E-state index in [-0.39, 0.29) is 57.5 Å². The largest absolute Gasteiger partial charge is 0.444 e. The number of anilines is 1. The lowest BCUT2D eigenvalue weighted by Gasteiger charge is -2.53. The molecule has 4 fully saturated rings. The minimum atomic E-state index is -0.541. The number of pyridine rings is 2. The molecule has 0 spiro atoms. The molecular formula is C65H78ClF4N15O4. The number of hydrogen-bond donors (Lipinski definition) is 1. The molecule has 0 aliphatic carbocycles. The number of aryl methyl sites for hydroxylation is 2. The van der Waals surface area contributed by atoms with Crippen LogP contribution in [0.25, 0.3) is 44.3 Å². The molecule has 6 aromatic heterocycles. The molecular weight excluding hydrogens is 1170 g/mol. The number of fused-ring (bicyclic) bond motifs is 4. The number of carbonyl (C=O) groups is 2. The van der Waals surface area contributed by atoms with Crippen LogP contribution in [0.2, 0.25) is 5.28 Å². The number of benzene rings is 2. The van der Waals surface area contributed by atoms with Gasteiger partial charge < -0.3 is 34.1 Å². The second kappa shape index (κ2) is 25.9. The summed E-state index contributed by atoms with van der Waals surface area (Å²) < 4.78 is 73.4. The van der Waals surface area contributed by atoms with E-state index >= 15 is 4.39 Å². The number of halogens is 5. The second-order valence-corrected chi connectivity index (χ2v) is 26.5. The van der Waals surface area contributed by atoms with E-state index in [2.05, 4.69) is 49.7 Å². The normalized spacial score (nSPS) is 18.6. The van der Waals surface area contributed by atoms with E-state index in [1.807, 2.05) is 114 Å². The Bertz CT molecular complexity index is 3890. The van der Waals surface area contributed by atoms with Crippen molar-refractivity contribution in [3.8, 4) is 22.3 Å². The molecule has 472 valence electrons. The molecule has 4 aliphatic rings. The van der Waals surface area contributed by atoms with Gasteiger partial charge in [-0.25, -0.2) is 62.0 Å². The van der Waals surface area contributed by atoms with Crippen molar-refractivity contribution in [1.29, 1.82) is 0 Å². The number of amides is 2. The molecule has 0 unspecified atom stereocenters. The molecule has 4 atom stereocenters. The smallest absolute Gasteiger partial charge is 0.410 e. The molecule has 2 N–H and O–H groups in total. The summed E-state index contributed by atoms with van der Waals surface area (Å²) in [5.41, 5.74) is 10.4. The Labute approximate surface area is 521 Å². The van der Waals surface area contributed by atoms with Gasteiger partial charge in [0.1, 0.15) is 57.2 Å². The van der Waals surface area contributed by atoms with Crippen LogP contribution in [0.4, 0.5) is 33.0 Å². The summed E-state index contributed by atoms with van der Waals surface area (Å²) in [6.45, 7) is 29.4. The van der Waals surface area contributed by atoms with Crippen molar-refractivity contribution in [3.63, 3.8) is 0 Å². The van der Waals surface area contributed by atoms with E-state index in [4.69, 9.17) is 26.8 Å². The van der Waals surface area contributed by atoms with Crippen molar-refractivity contribution in [1.82, 2.24) is 68.6 Å². The van der Waals surface area contributed by atoms with Crippen molar-refractivity contribution in [2.75, 3.05) is 45.0 Å². The molecule has 24 heteroatoms. The van der Waals surface area contributed by atoms with Gasteiger partial charge in [-0.05, 0) is 167 Å². The minimum Gasteiger partial charge on any atom is -0.444 e. The van der Waals surface area contributed by atoms with Gasteiger partial charge >= 0.3 is 12.2 Å². The summed E-state index contributed by atoms with van der Waals surface area (Å²) >= 11 is 5.72. The first-order valence-corrected chi connectivity index (χ1v) is 30.6. The van der Waals surface area contributed by atoms with Crippen LogP contribution in [0, 0.1) is 49.0 Å². The predicted octanol–water partition coefficient (Wildman–Crippen LogP) is 12.5. The highest BCUT2D eigenvalue weighted by Gasteiger charge is 2.45. The number of aromatic nitrogens is 10. The zero-order valence-corrected chi connectivity index (χ0v) is 53.3. The summed E-state index contributed by atoms with van der Waals surface area (Å²) in [7, 11) is 0. The molecule has 4 aliphatic heterocycles. The lowest BCUT2D eigenvalue weighted by atomic mass is 9.82. The monoisotopic (exact) mass is 1240 g/mol. The summed E-state index contributed by atoms with van der Waals surface area (Å²) in [5.74, 6) is 1.38. The van der Waals surface area contributed by atoms with Crippen LogP contribution in [0.1, 0.15) is 128 Å². The number of nitrogens with two attached hydrogens (primary N) is 1. The lowest BCUT2D eigenvalue weighted by Crippen LogP contribution is -2.64. The maximum absolute atomic E-state index is 15.1. The van der Waals surface area contributed by atoms with Crippen LogP contribution in [0.15, 0.2) is 73.6 Å². The van der Waals surface area contributed by atoms with E-state index in [9.17, 15) is 22.8 Å². The lowest BCUT2D eigenvalue weighted by molar-refractivity contribution is -0.0560. The summed E-state index contributed by atoms with van der Waals surface area (Å²) in [4.78, 5) is 67.0. The van der Waals surface area contributed by atoms with Crippen molar-refractivity contribution in [2.45, 2.75) is 151 Å². The van der Waals surface area contributed by atoms with Crippen LogP contribution in [0.5, 0.6) is 0 Å². The number of ether oxygens (including phenoxy) is 2. The Morgan fingerprint density at radius 3 is 1.45 bits per heavy atom. The Kier molecular flexibility index (Phi) is 18.7. The van der Waals surface area contributed by atoms with Gasteiger partial charge in [0.25, 0.3) is 0 Å². The van der Waals surface area contributed by atoms with E-state index in [0.717, 1.165) is 81.5 Å². The number of imidazole rings is 2. The quantitative estimate of drug-likeness (QED) is 0.0999. The van der Waals surface area contributed by atoms with Crippen LogP contribution in [-0.2, 0) is 29.0 Å². The fraction of sp³-hybridized carbons (Fsp3) is 0.477. The third-order valence-electron chi connectivity index (χ3n) is 16.5. The predicted molar refractivity (Wildman–Crippen MR) is 333 cm³/mol. The Hall–Kier alpha value is -7.89. The third-order valence-corrected chi connectivity index (χ3v) is 16.7. The summed E-state index contributed by atoms with van der Waals surface area (Å²) in [5, 5.41) is 0.268.